The van der Waals surface area contributed by atoms with E-state index in [1.165, 1.54) is 0 Å². The third-order valence-corrected chi connectivity index (χ3v) is 5.52. The van der Waals surface area contributed by atoms with Gasteiger partial charge in [0, 0.05) is 31.7 Å². The SMILES string of the molecule is Cc1c(C#N)nnc(N2CCc3ncc(NCc4ccc(C#N)cc4)cc3C2)c1C. The minimum absolute atomic E-state index is 0.379. The van der Waals surface area contributed by atoms with Crippen LogP contribution in [-0.4, -0.2) is 21.7 Å². The summed E-state index contributed by atoms with van der Waals surface area (Å²) in [5.74, 6) is 0.827. The number of hydrogen-bond acceptors (Lipinski definition) is 7. The van der Waals surface area contributed by atoms with Gasteiger partial charge in [0.2, 0.25) is 0 Å². The number of fused-ring (bicyclic) bond motifs is 1. The third kappa shape index (κ3) is 3.78. The highest BCUT2D eigenvalue weighted by Crippen LogP contribution is 2.27. The molecule has 3 heterocycles. The van der Waals surface area contributed by atoms with Crippen LogP contribution in [0.3, 0.4) is 0 Å². The lowest BCUT2D eigenvalue weighted by Gasteiger charge is -2.30. The Kier molecular flexibility index (Phi) is 5.28. The lowest BCUT2D eigenvalue weighted by molar-refractivity contribution is 0.692. The highest BCUT2D eigenvalue weighted by atomic mass is 15.3. The van der Waals surface area contributed by atoms with Crippen LogP contribution in [0.15, 0.2) is 36.5 Å². The molecule has 148 valence electrons. The van der Waals surface area contributed by atoms with E-state index in [0.717, 1.165) is 52.4 Å². The Balaban J connectivity index is 1.50. The first-order chi connectivity index (χ1) is 14.6. The van der Waals surface area contributed by atoms with E-state index in [1.807, 2.05) is 44.3 Å². The normalized spacial score (nSPS) is 12.6. The van der Waals surface area contributed by atoms with Gasteiger partial charge in [0.15, 0.2) is 11.5 Å². The first kappa shape index (κ1) is 19.4. The lowest BCUT2D eigenvalue weighted by Crippen LogP contribution is -2.32. The van der Waals surface area contributed by atoms with Gasteiger partial charge in [-0.1, -0.05) is 12.1 Å². The topological polar surface area (TPSA) is 102 Å². The Morgan fingerprint density at radius 2 is 1.87 bits per heavy atom. The fourth-order valence-electron chi connectivity index (χ4n) is 3.60. The van der Waals surface area contributed by atoms with Crippen molar-refractivity contribution in [3.8, 4) is 12.1 Å². The predicted octanol–water partition coefficient (Wildman–Crippen LogP) is 3.41. The van der Waals surface area contributed by atoms with Crippen molar-refractivity contribution in [2.24, 2.45) is 0 Å². The highest BCUT2D eigenvalue weighted by molar-refractivity contribution is 5.55. The average Bonchev–Trinajstić information content (AvgIpc) is 2.79. The van der Waals surface area contributed by atoms with Gasteiger partial charge in [-0.2, -0.15) is 10.5 Å². The Morgan fingerprint density at radius 1 is 1.07 bits per heavy atom. The maximum Gasteiger partial charge on any atom is 0.166 e. The summed E-state index contributed by atoms with van der Waals surface area (Å²) < 4.78 is 0. The molecule has 3 aromatic rings. The van der Waals surface area contributed by atoms with Crippen LogP contribution in [0.2, 0.25) is 0 Å². The summed E-state index contributed by atoms with van der Waals surface area (Å²) >= 11 is 0. The Morgan fingerprint density at radius 3 is 2.60 bits per heavy atom. The number of nitrogens with one attached hydrogen (secondary N) is 1. The first-order valence-electron chi connectivity index (χ1n) is 9.78. The molecule has 0 saturated carbocycles. The second-order valence-corrected chi connectivity index (χ2v) is 7.40. The molecular weight excluding hydrogens is 374 g/mol. The van der Waals surface area contributed by atoms with Crippen LogP contribution < -0.4 is 10.2 Å². The molecule has 0 fully saturated rings. The minimum Gasteiger partial charge on any atom is -0.380 e. The smallest absolute Gasteiger partial charge is 0.166 e. The minimum atomic E-state index is 0.379. The summed E-state index contributed by atoms with van der Waals surface area (Å²) in [7, 11) is 0. The third-order valence-electron chi connectivity index (χ3n) is 5.52. The van der Waals surface area contributed by atoms with Gasteiger partial charge in [-0.3, -0.25) is 4.98 Å². The molecule has 1 aliphatic heterocycles. The number of rotatable bonds is 4. The molecule has 0 bridgehead atoms. The van der Waals surface area contributed by atoms with Crippen molar-refractivity contribution in [2.45, 2.75) is 33.4 Å². The summed E-state index contributed by atoms with van der Waals surface area (Å²) in [6.45, 7) is 6.09. The molecule has 0 atom stereocenters. The molecule has 0 unspecified atom stereocenters. The molecule has 1 aromatic carbocycles. The molecular formula is C23H21N7. The van der Waals surface area contributed by atoms with Crippen LogP contribution in [0.4, 0.5) is 11.5 Å². The zero-order chi connectivity index (χ0) is 21.1. The molecule has 0 radical (unpaired) electrons. The molecule has 1 aliphatic rings. The summed E-state index contributed by atoms with van der Waals surface area (Å²) in [5.41, 5.74) is 7.24. The largest absolute Gasteiger partial charge is 0.380 e. The second kappa shape index (κ2) is 8.18. The van der Waals surface area contributed by atoms with Gasteiger partial charge in [0.05, 0.1) is 23.5 Å². The number of hydrogen-bond donors (Lipinski definition) is 1. The van der Waals surface area contributed by atoms with Gasteiger partial charge >= 0.3 is 0 Å². The van der Waals surface area contributed by atoms with Crippen molar-refractivity contribution in [1.29, 1.82) is 10.5 Å². The van der Waals surface area contributed by atoms with Crippen molar-refractivity contribution in [1.82, 2.24) is 15.2 Å². The summed E-state index contributed by atoms with van der Waals surface area (Å²) in [5, 5.41) is 29.9. The zero-order valence-corrected chi connectivity index (χ0v) is 17.0. The van der Waals surface area contributed by atoms with Crippen molar-refractivity contribution in [3.05, 3.63) is 75.7 Å². The van der Waals surface area contributed by atoms with Gasteiger partial charge in [-0.25, -0.2) is 0 Å². The van der Waals surface area contributed by atoms with Crippen LogP contribution in [-0.2, 0) is 19.5 Å². The highest BCUT2D eigenvalue weighted by Gasteiger charge is 2.22. The molecule has 7 heteroatoms. The van der Waals surface area contributed by atoms with E-state index in [2.05, 4.69) is 43.6 Å². The maximum atomic E-state index is 9.17. The zero-order valence-electron chi connectivity index (χ0n) is 17.0. The van der Waals surface area contributed by atoms with E-state index in [4.69, 9.17) is 10.5 Å². The van der Waals surface area contributed by atoms with Crippen molar-refractivity contribution in [2.75, 3.05) is 16.8 Å². The molecule has 0 spiro atoms. The van der Waals surface area contributed by atoms with E-state index >= 15 is 0 Å². The van der Waals surface area contributed by atoms with Crippen LogP contribution in [0.25, 0.3) is 0 Å². The average molecular weight is 395 g/mol. The Labute approximate surface area is 175 Å². The van der Waals surface area contributed by atoms with E-state index in [-0.39, 0.29) is 0 Å². The van der Waals surface area contributed by atoms with Crippen LogP contribution in [0.1, 0.15) is 39.2 Å². The summed E-state index contributed by atoms with van der Waals surface area (Å²) in [6.07, 6.45) is 2.71. The van der Waals surface area contributed by atoms with Crippen LogP contribution in [0, 0.1) is 36.5 Å². The molecule has 30 heavy (non-hydrogen) atoms. The van der Waals surface area contributed by atoms with Gasteiger partial charge in [0.25, 0.3) is 0 Å². The van der Waals surface area contributed by atoms with Crippen molar-refractivity contribution >= 4 is 11.5 Å². The van der Waals surface area contributed by atoms with E-state index in [0.29, 0.717) is 24.3 Å². The summed E-state index contributed by atoms with van der Waals surface area (Å²) in [6, 6.07) is 13.9. The quantitative estimate of drug-likeness (QED) is 0.722. The van der Waals surface area contributed by atoms with Gasteiger partial charge < -0.3 is 10.2 Å². The second-order valence-electron chi connectivity index (χ2n) is 7.40. The van der Waals surface area contributed by atoms with Crippen molar-refractivity contribution < 1.29 is 0 Å². The Bertz CT molecular complexity index is 1170. The standard InChI is InChI=1S/C23H21N7/c1-15-16(2)23(29-28-22(15)11-25)30-8-7-21-19(14-30)9-20(13-27-21)26-12-18-5-3-17(10-24)4-6-18/h3-6,9,13,26H,7-8,12,14H2,1-2H3. The van der Waals surface area contributed by atoms with E-state index < -0.39 is 0 Å². The number of pyridine rings is 1. The van der Waals surface area contributed by atoms with Crippen LogP contribution in [0.5, 0.6) is 0 Å². The number of aromatic nitrogens is 3. The molecule has 2 aromatic heterocycles. The fourth-order valence-corrected chi connectivity index (χ4v) is 3.60. The van der Waals surface area contributed by atoms with Crippen LogP contribution >= 0.6 is 0 Å². The van der Waals surface area contributed by atoms with Gasteiger partial charge in [-0.05, 0) is 54.3 Å². The number of nitrogens with zero attached hydrogens (tertiary/aromatic N) is 6. The molecule has 4 rings (SSSR count). The predicted molar refractivity (Wildman–Crippen MR) is 114 cm³/mol. The van der Waals surface area contributed by atoms with E-state index in [9.17, 15) is 0 Å². The first-order valence-corrected chi connectivity index (χ1v) is 9.78. The number of benzene rings is 1. The monoisotopic (exact) mass is 395 g/mol. The number of anilines is 2. The fraction of sp³-hybridized carbons (Fsp3) is 0.261. The molecule has 0 amide bonds. The van der Waals surface area contributed by atoms with Crippen molar-refractivity contribution in [3.63, 3.8) is 0 Å². The maximum absolute atomic E-state index is 9.17. The summed E-state index contributed by atoms with van der Waals surface area (Å²) in [4.78, 5) is 6.84. The molecule has 0 aliphatic carbocycles. The molecule has 1 N–H and O–H groups in total. The van der Waals surface area contributed by atoms with Gasteiger partial charge in [0.1, 0.15) is 6.07 Å². The number of nitriles is 2. The molecule has 7 nitrogen and oxygen atoms in total. The van der Waals surface area contributed by atoms with Gasteiger partial charge in [-0.15, -0.1) is 10.2 Å². The molecule has 0 saturated heterocycles. The Hall–Kier alpha value is -3.97. The lowest BCUT2D eigenvalue weighted by atomic mass is 10.0. The van der Waals surface area contributed by atoms with E-state index in [1.54, 1.807) is 0 Å².